The Bertz CT molecular complexity index is 880. The van der Waals surface area contributed by atoms with Gasteiger partial charge in [-0.05, 0) is 24.3 Å². The average Bonchev–Trinajstić information content (AvgIpc) is 2.72. The lowest BCUT2D eigenvalue weighted by atomic mass is 10.0. The van der Waals surface area contributed by atoms with E-state index < -0.39 is 17.9 Å². The molecular weight excluding hydrogens is 363 g/mol. The molecule has 1 aliphatic heterocycles. The van der Waals surface area contributed by atoms with Crippen molar-refractivity contribution in [3.63, 3.8) is 0 Å². The molecular formula is C18H14Cl2N2O3. The van der Waals surface area contributed by atoms with Crippen LogP contribution >= 0.6 is 23.2 Å². The number of nitrogens with zero attached hydrogens (tertiary/aromatic N) is 1. The first-order valence-corrected chi connectivity index (χ1v) is 8.25. The molecule has 25 heavy (non-hydrogen) atoms. The Hall–Kier alpha value is -2.37. The molecule has 0 radical (unpaired) electrons. The van der Waals surface area contributed by atoms with E-state index in [1.54, 1.807) is 36.4 Å². The van der Waals surface area contributed by atoms with Gasteiger partial charge < -0.3 is 10.1 Å². The van der Waals surface area contributed by atoms with Crippen molar-refractivity contribution in [3.8, 4) is 0 Å². The van der Waals surface area contributed by atoms with Crippen LogP contribution in [0, 0.1) is 0 Å². The van der Waals surface area contributed by atoms with E-state index in [4.69, 9.17) is 23.2 Å². The Kier molecular flexibility index (Phi) is 5.06. The first-order valence-electron chi connectivity index (χ1n) is 7.50. The van der Waals surface area contributed by atoms with Crippen molar-refractivity contribution in [1.82, 2.24) is 0 Å². The number of carbonyl (C=O) groups excluding carboxylic acids is 2. The molecule has 0 aromatic heterocycles. The highest BCUT2D eigenvalue weighted by molar-refractivity contribution is 6.37. The number of hydrogen-bond acceptors (Lipinski definition) is 4. The zero-order valence-electron chi connectivity index (χ0n) is 13.3. The SMILES string of the molecule is COC(=O)C[C@@H]1N=C(c2ccccc2Cl)c2cc(Cl)ccc2NC1=O. The molecule has 0 saturated heterocycles. The Morgan fingerprint density at radius 1 is 1.20 bits per heavy atom. The van der Waals surface area contributed by atoms with E-state index in [1.807, 2.05) is 6.07 Å². The summed E-state index contributed by atoms with van der Waals surface area (Å²) in [4.78, 5) is 28.7. The summed E-state index contributed by atoms with van der Waals surface area (Å²) < 4.78 is 4.67. The van der Waals surface area contributed by atoms with Crippen molar-refractivity contribution in [3.05, 3.63) is 63.6 Å². The molecule has 1 amide bonds. The van der Waals surface area contributed by atoms with E-state index in [1.165, 1.54) is 7.11 Å². The van der Waals surface area contributed by atoms with Crippen molar-refractivity contribution in [2.24, 2.45) is 4.99 Å². The number of hydrogen-bond donors (Lipinski definition) is 1. The van der Waals surface area contributed by atoms with Gasteiger partial charge >= 0.3 is 5.97 Å². The van der Waals surface area contributed by atoms with Crippen LogP contribution in [0.5, 0.6) is 0 Å². The van der Waals surface area contributed by atoms with Crippen LogP contribution in [0.3, 0.4) is 0 Å². The number of esters is 1. The number of nitrogens with one attached hydrogen (secondary N) is 1. The number of ether oxygens (including phenoxy) is 1. The molecule has 0 bridgehead atoms. The third-order valence-electron chi connectivity index (χ3n) is 3.80. The molecule has 128 valence electrons. The first kappa shape index (κ1) is 17.5. The van der Waals surface area contributed by atoms with Crippen molar-refractivity contribution in [2.45, 2.75) is 12.5 Å². The van der Waals surface area contributed by atoms with Crippen molar-refractivity contribution >= 4 is 46.5 Å². The number of methoxy groups -OCH3 is 1. The van der Waals surface area contributed by atoms with Gasteiger partial charge in [0.05, 0.1) is 24.9 Å². The second-order valence-corrected chi connectivity index (χ2v) is 6.28. The number of fused-ring (bicyclic) bond motifs is 1. The first-order chi connectivity index (χ1) is 12.0. The topological polar surface area (TPSA) is 67.8 Å². The van der Waals surface area contributed by atoms with Gasteiger partial charge in [-0.25, -0.2) is 0 Å². The van der Waals surface area contributed by atoms with E-state index in [9.17, 15) is 9.59 Å². The minimum absolute atomic E-state index is 0.169. The maximum Gasteiger partial charge on any atom is 0.308 e. The zero-order valence-corrected chi connectivity index (χ0v) is 14.8. The van der Waals surface area contributed by atoms with E-state index in [2.05, 4.69) is 15.0 Å². The molecule has 1 heterocycles. The highest BCUT2D eigenvalue weighted by Gasteiger charge is 2.28. The van der Waals surface area contributed by atoms with E-state index in [0.29, 0.717) is 32.6 Å². The number of benzodiazepines with no additional fused rings is 1. The van der Waals surface area contributed by atoms with Crippen molar-refractivity contribution < 1.29 is 14.3 Å². The van der Waals surface area contributed by atoms with Gasteiger partial charge in [0.15, 0.2) is 0 Å². The summed E-state index contributed by atoms with van der Waals surface area (Å²) >= 11 is 12.5. The maximum absolute atomic E-state index is 12.5. The highest BCUT2D eigenvalue weighted by atomic mass is 35.5. The summed E-state index contributed by atoms with van der Waals surface area (Å²) in [5.74, 6) is -0.914. The van der Waals surface area contributed by atoms with Crippen LogP contribution in [0.15, 0.2) is 47.5 Å². The Morgan fingerprint density at radius 2 is 1.96 bits per heavy atom. The maximum atomic E-state index is 12.5. The number of aliphatic imine (C=N–C) groups is 1. The number of amides is 1. The molecule has 7 heteroatoms. The Labute approximate surface area is 154 Å². The fraction of sp³-hybridized carbons (Fsp3) is 0.167. The van der Waals surface area contributed by atoms with Crippen LogP contribution in [0.2, 0.25) is 10.0 Å². The molecule has 0 aliphatic carbocycles. The summed E-state index contributed by atoms with van der Waals surface area (Å²) in [7, 11) is 1.27. The highest BCUT2D eigenvalue weighted by Crippen LogP contribution is 2.30. The molecule has 5 nitrogen and oxygen atoms in total. The monoisotopic (exact) mass is 376 g/mol. The quantitative estimate of drug-likeness (QED) is 0.830. The van der Waals surface area contributed by atoms with Crippen LogP contribution in [0.25, 0.3) is 0 Å². The number of anilines is 1. The summed E-state index contributed by atoms with van der Waals surface area (Å²) in [5.41, 5.74) is 2.34. The van der Waals surface area contributed by atoms with Crippen LogP contribution in [0.1, 0.15) is 17.5 Å². The normalized spacial score (nSPS) is 16.4. The standard InChI is InChI=1S/C18H14Cl2N2O3/c1-25-16(23)9-15-18(24)22-14-7-6-10(19)8-12(14)17(21-15)11-4-2-3-5-13(11)20/h2-8,15H,9H2,1H3,(H,22,24)/t15-/m0/s1. The summed E-state index contributed by atoms with van der Waals surface area (Å²) in [6.45, 7) is 0. The fourth-order valence-electron chi connectivity index (χ4n) is 2.57. The van der Waals surface area contributed by atoms with Gasteiger partial charge in [-0.2, -0.15) is 0 Å². The third-order valence-corrected chi connectivity index (χ3v) is 4.36. The third kappa shape index (κ3) is 3.67. The molecule has 2 aromatic rings. The summed E-state index contributed by atoms with van der Waals surface area (Å²) in [6.07, 6.45) is -0.169. The molecule has 0 spiro atoms. The Morgan fingerprint density at radius 3 is 2.68 bits per heavy atom. The minimum Gasteiger partial charge on any atom is -0.469 e. The fourth-order valence-corrected chi connectivity index (χ4v) is 2.97. The van der Waals surface area contributed by atoms with Crippen molar-refractivity contribution in [2.75, 3.05) is 12.4 Å². The largest absolute Gasteiger partial charge is 0.469 e. The predicted molar refractivity (Wildman–Crippen MR) is 97.6 cm³/mol. The molecule has 0 unspecified atom stereocenters. The van der Waals surface area contributed by atoms with Crippen LogP contribution in [-0.2, 0) is 14.3 Å². The lowest BCUT2D eigenvalue weighted by molar-refractivity contribution is -0.142. The van der Waals surface area contributed by atoms with Gasteiger partial charge in [0, 0.05) is 21.2 Å². The molecule has 1 atom stereocenters. The lowest BCUT2D eigenvalue weighted by Gasteiger charge is -2.11. The molecule has 2 aromatic carbocycles. The van der Waals surface area contributed by atoms with E-state index in [0.717, 1.165) is 0 Å². The summed E-state index contributed by atoms with van der Waals surface area (Å²) in [6, 6.07) is 11.3. The molecule has 1 aliphatic rings. The van der Waals surface area contributed by atoms with Crippen molar-refractivity contribution in [1.29, 1.82) is 0 Å². The summed E-state index contributed by atoms with van der Waals surface area (Å²) in [5, 5.41) is 3.77. The van der Waals surface area contributed by atoms with Gasteiger partial charge in [-0.3, -0.25) is 14.6 Å². The number of carbonyl (C=O) groups is 2. The molecule has 0 saturated carbocycles. The average molecular weight is 377 g/mol. The van der Waals surface area contributed by atoms with E-state index in [-0.39, 0.29) is 6.42 Å². The van der Waals surface area contributed by atoms with Gasteiger partial charge in [0.2, 0.25) is 5.91 Å². The lowest BCUT2D eigenvalue weighted by Crippen LogP contribution is -2.28. The second kappa shape index (κ2) is 7.25. The number of benzene rings is 2. The second-order valence-electron chi connectivity index (χ2n) is 5.43. The predicted octanol–water partition coefficient (Wildman–Crippen LogP) is 3.71. The van der Waals surface area contributed by atoms with Gasteiger partial charge in [0.1, 0.15) is 6.04 Å². The van der Waals surface area contributed by atoms with Gasteiger partial charge in [-0.15, -0.1) is 0 Å². The van der Waals surface area contributed by atoms with Gasteiger partial charge in [0.25, 0.3) is 0 Å². The zero-order chi connectivity index (χ0) is 18.0. The van der Waals surface area contributed by atoms with E-state index >= 15 is 0 Å². The number of rotatable bonds is 3. The molecule has 0 fully saturated rings. The minimum atomic E-state index is -0.926. The molecule has 3 rings (SSSR count). The smallest absolute Gasteiger partial charge is 0.308 e. The number of halogens is 2. The van der Waals surface area contributed by atoms with Crippen LogP contribution in [0.4, 0.5) is 5.69 Å². The van der Waals surface area contributed by atoms with Crippen LogP contribution < -0.4 is 5.32 Å². The van der Waals surface area contributed by atoms with Gasteiger partial charge in [-0.1, -0.05) is 41.4 Å². The molecule has 1 N–H and O–H groups in total. The van der Waals surface area contributed by atoms with Crippen LogP contribution in [-0.4, -0.2) is 30.7 Å². The Balaban J connectivity index is 2.19.